The van der Waals surface area contributed by atoms with Crippen LogP contribution in [-0.4, -0.2) is 21.1 Å². The standard InChI is InChI=1S/C23H22N2O4/c1-15(26)13-21-22(17(3)27)16(2)24(14-18-7-5-4-6-8-18)23(21)19-9-11-20(12-10-19)25(28)29/h4-12H,13-14H2,1-3H3. The maximum Gasteiger partial charge on any atom is 0.269 e. The Bertz CT molecular complexity index is 1080. The summed E-state index contributed by atoms with van der Waals surface area (Å²) >= 11 is 0. The van der Waals surface area contributed by atoms with Crippen molar-refractivity contribution in [3.63, 3.8) is 0 Å². The number of aromatic nitrogens is 1. The highest BCUT2D eigenvalue weighted by Crippen LogP contribution is 2.34. The first-order chi connectivity index (χ1) is 13.8. The summed E-state index contributed by atoms with van der Waals surface area (Å²) in [5.41, 5.74) is 4.53. The Labute approximate surface area is 168 Å². The van der Waals surface area contributed by atoms with Gasteiger partial charge >= 0.3 is 0 Å². The van der Waals surface area contributed by atoms with Gasteiger partial charge in [-0.05, 0) is 49.6 Å². The Morgan fingerprint density at radius 1 is 1.00 bits per heavy atom. The van der Waals surface area contributed by atoms with E-state index in [1.807, 2.05) is 41.8 Å². The van der Waals surface area contributed by atoms with Crippen LogP contribution in [0.5, 0.6) is 0 Å². The van der Waals surface area contributed by atoms with Crippen LogP contribution >= 0.6 is 0 Å². The van der Waals surface area contributed by atoms with Crippen LogP contribution < -0.4 is 0 Å². The molecule has 29 heavy (non-hydrogen) atoms. The quantitative estimate of drug-likeness (QED) is 0.331. The van der Waals surface area contributed by atoms with Crippen LogP contribution in [0, 0.1) is 17.0 Å². The van der Waals surface area contributed by atoms with Gasteiger partial charge in [0.05, 0.1) is 10.6 Å². The van der Waals surface area contributed by atoms with Gasteiger partial charge in [0.1, 0.15) is 5.78 Å². The van der Waals surface area contributed by atoms with Crippen molar-refractivity contribution < 1.29 is 14.5 Å². The maximum absolute atomic E-state index is 12.4. The minimum atomic E-state index is -0.449. The molecular formula is C23H22N2O4. The van der Waals surface area contributed by atoms with Crippen molar-refractivity contribution >= 4 is 17.3 Å². The Balaban J connectivity index is 2.26. The van der Waals surface area contributed by atoms with Crippen molar-refractivity contribution in [1.82, 2.24) is 4.57 Å². The van der Waals surface area contributed by atoms with Gasteiger partial charge < -0.3 is 4.57 Å². The van der Waals surface area contributed by atoms with Gasteiger partial charge in [-0.25, -0.2) is 0 Å². The summed E-state index contributed by atoms with van der Waals surface area (Å²) in [5.74, 6) is -0.152. The van der Waals surface area contributed by atoms with Crippen LogP contribution in [0.4, 0.5) is 5.69 Å². The van der Waals surface area contributed by atoms with Crippen molar-refractivity contribution in [2.45, 2.75) is 33.7 Å². The highest BCUT2D eigenvalue weighted by Gasteiger charge is 2.25. The van der Waals surface area contributed by atoms with Gasteiger partial charge in [0.25, 0.3) is 5.69 Å². The summed E-state index contributed by atoms with van der Waals surface area (Å²) in [6, 6.07) is 16.0. The van der Waals surface area contributed by atoms with Crippen LogP contribution in [0.25, 0.3) is 11.3 Å². The SMILES string of the molecule is CC(=O)Cc1c(C(C)=O)c(C)n(Cc2ccccc2)c1-c1ccc([N+](=O)[O-])cc1. The number of benzene rings is 2. The zero-order valence-corrected chi connectivity index (χ0v) is 16.6. The molecule has 2 aromatic carbocycles. The zero-order valence-electron chi connectivity index (χ0n) is 16.6. The summed E-state index contributed by atoms with van der Waals surface area (Å²) in [7, 11) is 0. The van der Waals surface area contributed by atoms with E-state index in [0.717, 1.165) is 22.5 Å². The molecule has 6 nitrogen and oxygen atoms in total. The molecule has 0 amide bonds. The highest BCUT2D eigenvalue weighted by atomic mass is 16.6. The topological polar surface area (TPSA) is 82.2 Å². The number of nitrogens with zero attached hydrogens (tertiary/aromatic N) is 2. The second-order valence-electron chi connectivity index (χ2n) is 7.10. The van der Waals surface area contributed by atoms with Crippen LogP contribution in [0.2, 0.25) is 0 Å². The van der Waals surface area contributed by atoms with Gasteiger partial charge in [0.15, 0.2) is 5.78 Å². The number of non-ortho nitro benzene ring substituents is 1. The molecule has 0 radical (unpaired) electrons. The van der Waals surface area contributed by atoms with Gasteiger partial charge in [0.2, 0.25) is 0 Å². The maximum atomic E-state index is 12.4. The Hall–Kier alpha value is -3.54. The molecular weight excluding hydrogens is 368 g/mol. The molecule has 0 aliphatic rings. The van der Waals surface area contributed by atoms with Crippen LogP contribution in [-0.2, 0) is 17.8 Å². The number of carbonyl (C=O) groups is 2. The Kier molecular flexibility index (Phi) is 5.73. The van der Waals surface area contributed by atoms with Gasteiger partial charge in [-0.2, -0.15) is 0 Å². The molecule has 0 fully saturated rings. The molecule has 0 N–H and O–H groups in total. The summed E-state index contributed by atoms with van der Waals surface area (Å²) in [6.45, 7) is 5.39. The van der Waals surface area contributed by atoms with E-state index in [2.05, 4.69) is 0 Å². The number of nitro groups is 1. The molecule has 0 unspecified atom stereocenters. The molecule has 0 saturated carbocycles. The lowest BCUT2D eigenvalue weighted by Gasteiger charge is -2.13. The van der Waals surface area contributed by atoms with E-state index >= 15 is 0 Å². The lowest BCUT2D eigenvalue weighted by atomic mass is 9.97. The van der Waals surface area contributed by atoms with E-state index in [-0.39, 0.29) is 23.7 Å². The Morgan fingerprint density at radius 3 is 2.14 bits per heavy atom. The van der Waals surface area contributed by atoms with Crippen molar-refractivity contribution in [2.75, 3.05) is 0 Å². The fraction of sp³-hybridized carbons (Fsp3) is 0.217. The molecule has 1 heterocycles. The van der Waals surface area contributed by atoms with E-state index in [1.165, 1.54) is 26.0 Å². The monoisotopic (exact) mass is 390 g/mol. The highest BCUT2D eigenvalue weighted by molar-refractivity contribution is 6.00. The van der Waals surface area contributed by atoms with E-state index in [9.17, 15) is 19.7 Å². The average molecular weight is 390 g/mol. The number of hydrogen-bond acceptors (Lipinski definition) is 4. The zero-order chi connectivity index (χ0) is 21.1. The third-order valence-electron chi connectivity index (χ3n) is 4.94. The number of rotatable bonds is 7. The van der Waals surface area contributed by atoms with Crippen LogP contribution in [0.3, 0.4) is 0 Å². The predicted octanol–water partition coefficient (Wildman–Crippen LogP) is 4.75. The van der Waals surface area contributed by atoms with Gasteiger partial charge in [-0.15, -0.1) is 0 Å². The molecule has 0 saturated heterocycles. The number of nitro benzene ring substituents is 1. The van der Waals surface area contributed by atoms with Crippen molar-refractivity contribution in [3.05, 3.63) is 87.1 Å². The first-order valence-corrected chi connectivity index (χ1v) is 9.30. The smallest absolute Gasteiger partial charge is 0.269 e. The first kappa shape index (κ1) is 20.2. The number of Topliss-reactive ketones (excluding diaryl/α,β-unsaturated/α-hetero) is 2. The van der Waals surface area contributed by atoms with Crippen LogP contribution in [0.1, 0.15) is 41.0 Å². The largest absolute Gasteiger partial charge is 0.339 e. The predicted molar refractivity (Wildman–Crippen MR) is 111 cm³/mol. The first-order valence-electron chi connectivity index (χ1n) is 9.30. The third-order valence-corrected chi connectivity index (χ3v) is 4.94. The molecule has 3 aromatic rings. The summed E-state index contributed by atoms with van der Waals surface area (Å²) < 4.78 is 2.02. The van der Waals surface area contributed by atoms with E-state index in [1.54, 1.807) is 12.1 Å². The van der Waals surface area contributed by atoms with E-state index in [4.69, 9.17) is 0 Å². The van der Waals surface area contributed by atoms with Crippen molar-refractivity contribution in [2.24, 2.45) is 0 Å². The third kappa shape index (κ3) is 4.16. The number of hydrogen-bond donors (Lipinski definition) is 0. The average Bonchev–Trinajstić information content (AvgIpc) is 2.93. The van der Waals surface area contributed by atoms with E-state index < -0.39 is 4.92 Å². The molecule has 1 aromatic heterocycles. The molecule has 0 aliphatic carbocycles. The summed E-state index contributed by atoms with van der Waals surface area (Å²) in [6.07, 6.45) is 0.129. The van der Waals surface area contributed by atoms with Gasteiger partial charge in [-0.3, -0.25) is 19.7 Å². The summed E-state index contributed by atoms with van der Waals surface area (Å²) in [4.78, 5) is 35.0. The summed E-state index contributed by atoms with van der Waals surface area (Å²) in [5, 5.41) is 11.0. The van der Waals surface area contributed by atoms with Crippen molar-refractivity contribution in [1.29, 1.82) is 0 Å². The van der Waals surface area contributed by atoms with E-state index in [0.29, 0.717) is 17.7 Å². The molecule has 0 spiro atoms. The van der Waals surface area contributed by atoms with Gasteiger partial charge in [0, 0.05) is 36.4 Å². The number of ketones is 2. The minimum Gasteiger partial charge on any atom is -0.339 e. The molecule has 148 valence electrons. The van der Waals surface area contributed by atoms with Crippen LogP contribution in [0.15, 0.2) is 54.6 Å². The second-order valence-corrected chi connectivity index (χ2v) is 7.10. The fourth-order valence-corrected chi connectivity index (χ4v) is 3.73. The minimum absolute atomic E-state index is 0.00783. The van der Waals surface area contributed by atoms with Crippen molar-refractivity contribution in [3.8, 4) is 11.3 Å². The van der Waals surface area contributed by atoms with Gasteiger partial charge in [-0.1, -0.05) is 30.3 Å². The number of carbonyl (C=O) groups excluding carboxylic acids is 2. The normalized spacial score (nSPS) is 10.7. The lowest BCUT2D eigenvalue weighted by molar-refractivity contribution is -0.384. The molecule has 0 bridgehead atoms. The fourth-order valence-electron chi connectivity index (χ4n) is 3.73. The molecule has 0 atom stereocenters. The molecule has 6 heteroatoms. The Morgan fingerprint density at radius 2 is 1.62 bits per heavy atom. The molecule has 0 aliphatic heterocycles. The molecule has 3 rings (SSSR count). The second kappa shape index (κ2) is 8.22. The lowest BCUT2D eigenvalue weighted by Crippen LogP contribution is -2.05.